The van der Waals surface area contributed by atoms with Crippen molar-refractivity contribution in [3.63, 3.8) is 0 Å². The molecule has 4 rings (SSSR count). The Kier molecular flexibility index (Phi) is 7.50. The molecule has 0 bridgehead atoms. The van der Waals surface area contributed by atoms with E-state index in [2.05, 4.69) is 29.8 Å². The van der Waals surface area contributed by atoms with Crippen molar-refractivity contribution in [3.8, 4) is 0 Å². The Bertz CT molecular complexity index is 971. The van der Waals surface area contributed by atoms with E-state index >= 15 is 0 Å². The van der Waals surface area contributed by atoms with Crippen LogP contribution in [0.3, 0.4) is 0 Å². The van der Waals surface area contributed by atoms with Crippen LogP contribution in [0.1, 0.15) is 63.6 Å². The summed E-state index contributed by atoms with van der Waals surface area (Å²) in [5.41, 5.74) is 1.91. The van der Waals surface area contributed by atoms with Crippen molar-refractivity contribution in [1.82, 2.24) is 20.9 Å². The van der Waals surface area contributed by atoms with Gasteiger partial charge in [0.05, 0.1) is 17.5 Å². The molecule has 2 saturated heterocycles. The average Bonchev–Trinajstić information content (AvgIpc) is 2.98. The molecule has 0 spiro atoms. The number of carbonyl (C=O) groups excluding carboxylic acids is 3. The molecule has 186 valence electrons. The molecule has 1 aromatic carbocycles. The number of nitrogens with zero attached hydrogens (tertiary/aromatic N) is 1. The van der Waals surface area contributed by atoms with E-state index in [1.54, 1.807) is 30.6 Å². The van der Waals surface area contributed by atoms with Gasteiger partial charge in [0.2, 0.25) is 17.7 Å². The molecular weight excluding hydrogens is 472 g/mol. The normalized spacial score (nSPS) is 29.0. The largest absolute Gasteiger partial charge is 0.347 e. The van der Waals surface area contributed by atoms with Crippen molar-refractivity contribution in [2.24, 2.45) is 5.41 Å². The summed E-state index contributed by atoms with van der Waals surface area (Å²) >= 11 is 7.90. The zero-order chi connectivity index (χ0) is 24.6. The van der Waals surface area contributed by atoms with Gasteiger partial charge in [-0.1, -0.05) is 31.5 Å². The van der Waals surface area contributed by atoms with Gasteiger partial charge < -0.3 is 20.9 Å². The third-order valence-corrected chi connectivity index (χ3v) is 8.91. The van der Waals surface area contributed by atoms with Gasteiger partial charge in [-0.05, 0) is 80.5 Å². The van der Waals surface area contributed by atoms with E-state index in [4.69, 9.17) is 11.6 Å². The summed E-state index contributed by atoms with van der Waals surface area (Å²) < 4.78 is 0. The number of carbonyl (C=O) groups is 3. The highest BCUT2D eigenvalue weighted by Crippen LogP contribution is 2.46. The van der Waals surface area contributed by atoms with Crippen LogP contribution in [0.5, 0.6) is 0 Å². The number of amides is 3. The number of benzene rings is 1. The van der Waals surface area contributed by atoms with Crippen LogP contribution in [-0.2, 0) is 20.8 Å². The number of rotatable bonds is 5. The first kappa shape index (κ1) is 25.3. The highest BCUT2D eigenvalue weighted by atomic mass is 35.5. The molecule has 2 aliphatic heterocycles. The summed E-state index contributed by atoms with van der Waals surface area (Å²) in [6.07, 6.45) is 4.09. The smallest absolute Gasteiger partial charge is 0.246 e. The lowest BCUT2D eigenvalue weighted by molar-refractivity contribution is -0.144. The van der Waals surface area contributed by atoms with Gasteiger partial charge in [-0.3, -0.25) is 14.4 Å². The van der Waals surface area contributed by atoms with Gasteiger partial charge in [-0.2, -0.15) is 0 Å². The molecule has 34 heavy (non-hydrogen) atoms. The van der Waals surface area contributed by atoms with Gasteiger partial charge in [-0.25, -0.2) is 0 Å². The van der Waals surface area contributed by atoms with Crippen molar-refractivity contribution in [2.75, 3.05) is 12.8 Å². The first-order valence-electron chi connectivity index (χ1n) is 12.1. The summed E-state index contributed by atoms with van der Waals surface area (Å²) in [5.74, 6) is 0.270. The fourth-order valence-electron chi connectivity index (χ4n) is 5.46. The summed E-state index contributed by atoms with van der Waals surface area (Å²) in [6.45, 7) is 5.88. The average molecular weight is 507 g/mol. The Morgan fingerprint density at radius 1 is 1.21 bits per heavy atom. The highest BCUT2D eigenvalue weighted by molar-refractivity contribution is 7.99. The third kappa shape index (κ3) is 4.95. The van der Waals surface area contributed by atoms with E-state index in [0.717, 1.165) is 37.0 Å². The number of hydrogen-bond acceptors (Lipinski definition) is 5. The van der Waals surface area contributed by atoms with Crippen LogP contribution in [-0.4, -0.2) is 58.9 Å². The quantitative estimate of drug-likeness (QED) is 0.571. The van der Waals surface area contributed by atoms with Crippen LogP contribution in [0.2, 0.25) is 5.02 Å². The van der Waals surface area contributed by atoms with E-state index < -0.39 is 18.1 Å². The summed E-state index contributed by atoms with van der Waals surface area (Å²) in [7, 11) is 1.71. The van der Waals surface area contributed by atoms with Crippen LogP contribution in [0, 0.1) is 5.41 Å². The summed E-state index contributed by atoms with van der Waals surface area (Å²) in [5, 5.41) is 9.73. The van der Waals surface area contributed by atoms with E-state index in [1.165, 1.54) is 5.56 Å². The van der Waals surface area contributed by atoms with E-state index in [0.29, 0.717) is 11.4 Å². The highest BCUT2D eigenvalue weighted by Gasteiger charge is 2.54. The first-order chi connectivity index (χ1) is 16.1. The monoisotopic (exact) mass is 506 g/mol. The Morgan fingerprint density at radius 2 is 1.97 bits per heavy atom. The van der Waals surface area contributed by atoms with Crippen LogP contribution in [0.4, 0.5) is 0 Å². The molecular formula is C25H35ClN4O3S. The van der Waals surface area contributed by atoms with Crippen molar-refractivity contribution in [2.45, 2.75) is 82.4 Å². The molecule has 2 fully saturated rings. The molecule has 0 saturated carbocycles. The fraction of sp³-hybridized carbons (Fsp3) is 0.640. The Balaban J connectivity index is 1.56. The lowest BCUT2D eigenvalue weighted by atomic mass is 9.83. The summed E-state index contributed by atoms with van der Waals surface area (Å²) in [4.78, 5) is 41.7. The summed E-state index contributed by atoms with van der Waals surface area (Å²) in [6, 6.07) is 4.16. The van der Waals surface area contributed by atoms with Gasteiger partial charge in [0.15, 0.2) is 0 Å². The second-order valence-corrected chi connectivity index (χ2v) is 12.0. The molecule has 0 radical (unpaired) electrons. The molecule has 3 amide bonds. The molecule has 1 aromatic rings. The maximum absolute atomic E-state index is 13.8. The van der Waals surface area contributed by atoms with E-state index in [9.17, 15) is 14.4 Å². The Morgan fingerprint density at radius 3 is 2.71 bits per heavy atom. The minimum absolute atomic E-state index is 0.0701. The predicted octanol–water partition coefficient (Wildman–Crippen LogP) is 3.02. The lowest BCUT2D eigenvalue weighted by Gasteiger charge is -2.36. The van der Waals surface area contributed by atoms with E-state index in [1.807, 2.05) is 18.2 Å². The maximum Gasteiger partial charge on any atom is 0.246 e. The van der Waals surface area contributed by atoms with Crippen LogP contribution in [0.15, 0.2) is 18.2 Å². The molecule has 0 aromatic heterocycles. The second-order valence-electron chi connectivity index (χ2n) is 10.3. The Hall–Kier alpha value is -1.77. The second kappa shape index (κ2) is 10.1. The first-order valence-corrected chi connectivity index (χ1v) is 13.5. The van der Waals surface area contributed by atoms with Crippen LogP contribution >= 0.6 is 23.4 Å². The molecule has 2 heterocycles. The fourth-order valence-corrected chi connectivity index (χ4v) is 7.24. The van der Waals surface area contributed by atoms with Gasteiger partial charge in [-0.15, -0.1) is 11.8 Å². The van der Waals surface area contributed by atoms with Crippen LogP contribution in [0.25, 0.3) is 0 Å². The number of hydrogen-bond donors (Lipinski definition) is 3. The standard InChI is InChI=1S/C25H35ClN4O3S/c1-14(27-4)22(31)29-19-10-11-34-20-13-25(2,3)21(30(20)24(19)33)23(32)28-18-7-5-6-15-12-16(26)8-9-17(15)18/h8-9,12,14,18-21,27H,5-7,10-11,13H2,1-4H3,(H,28,32)(H,29,31)/t14-,18+,19-,20-,21+/m0/s1. The number of nitrogens with one attached hydrogen (secondary N) is 3. The molecule has 0 unspecified atom stereocenters. The van der Waals surface area contributed by atoms with Crippen molar-refractivity contribution in [3.05, 3.63) is 34.3 Å². The SMILES string of the molecule is CN[C@@H](C)C(=O)N[C@H]1CCS[C@H]2CC(C)(C)[C@@H](C(=O)N[C@@H]3CCCc4cc(Cl)ccc43)N2C1=O. The predicted molar refractivity (Wildman–Crippen MR) is 136 cm³/mol. The van der Waals surface area contributed by atoms with Crippen molar-refractivity contribution in [1.29, 1.82) is 0 Å². The molecule has 7 nitrogen and oxygen atoms in total. The minimum Gasteiger partial charge on any atom is -0.347 e. The number of halogens is 1. The van der Waals surface area contributed by atoms with Crippen molar-refractivity contribution < 1.29 is 14.4 Å². The zero-order valence-corrected chi connectivity index (χ0v) is 21.9. The van der Waals surface area contributed by atoms with Gasteiger partial charge in [0.1, 0.15) is 12.1 Å². The van der Waals surface area contributed by atoms with Crippen LogP contribution < -0.4 is 16.0 Å². The van der Waals surface area contributed by atoms with E-state index in [-0.39, 0.29) is 34.6 Å². The van der Waals surface area contributed by atoms with Gasteiger partial charge >= 0.3 is 0 Å². The maximum atomic E-state index is 13.8. The molecule has 5 atom stereocenters. The zero-order valence-electron chi connectivity index (χ0n) is 20.3. The number of aryl methyl sites for hydroxylation is 1. The molecule has 9 heteroatoms. The topological polar surface area (TPSA) is 90.5 Å². The number of thioether (sulfide) groups is 1. The number of likely N-dealkylation sites (N-methyl/N-ethyl adjacent to an activating group) is 1. The van der Waals surface area contributed by atoms with Gasteiger partial charge in [0.25, 0.3) is 0 Å². The minimum atomic E-state index is -0.623. The van der Waals surface area contributed by atoms with Gasteiger partial charge in [0, 0.05) is 5.02 Å². The van der Waals surface area contributed by atoms with Crippen molar-refractivity contribution >= 4 is 41.1 Å². The lowest BCUT2D eigenvalue weighted by Crippen LogP contribution is -2.58. The molecule has 3 N–H and O–H groups in total. The Labute approximate surface area is 211 Å². The third-order valence-electron chi connectivity index (χ3n) is 7.43. The molecule has 3 aliphatic rings. The molecule has 1 aliphatic carbocycles. The number of fused-ring (bicyclic) bond motifs is 2.